The van der Waals surface area contributed by atoms with Gasteiger partial charge in [0.05, 0.1) is 5.69 Å². The highest BCUT2D eigenvalue weighted by Gasteiger charge is 2.08. The Morgan fingerprint density at radius 1 is 1.29 bits per heavy atom. The first-order valence-electron chi connectivity index (χ1n) is 5.99. The van der Waals surface area contributed by atoms with E-state index < -0.39 is 22.8 Å². The monoisotopic (exact) mass is 292 g/mol. The summed E-state index contributed by atoms with van der Waals surface area (Å²) in [7, 11) is 1.44. The molecule has 0 radical (unpaired) electrons. The van der Waals surface area contributed by atoms with Crippen LogP contribution < -0.4 is 22.2 Å². The second kappa shape index (κ2) is 5.61. The molecule has 1 heterocycles. The number of aromatic nitrogens is 2. The van der Waals surface area contributed by atoms with Crippen molar-refractivity contribution in [3.63, 3.8) is 0 Å². The lowest BCUT2D eigenvalue weighted by Gasteiger charge is -2.08. The summed E-state index contributed by atoms with van der Waals surface area (Å²) in [5, 5.41) is 2.47. The first-order chi connectivity index (χ1) is 9.88. The predicted octanol–water partition coefficient (Wildman–Crippen LogP) is -0.0930. The van der Waals surface area contributed by atoms with Gasteiger partial charge < -0.3 is 15.6 Å². The lowest BCUT2D eigenvalue weighted by atomic mass is 10.2. The zero-order valence-corrected chi connectivity index (χ0v) is 11.2. The third-order valence-corrected chi connectivity index (χ3v) is 2.83. The first kappa shape index (κ1) is 14.5. The summed E-state index contributed by atoms with van der Waals surface area (Å²) in [5.41, 5.74) is 4.06. The largest absolute Gasteiger partial charge is 0.396 e. The molecule has 7 nitrogen and oxygen atoms in total. The molecule has 0 unspecified atom stereocenters. The molecule has 0 atom stereocenters. The van der Waals surface area contributed by atoms with Crippen LogP contribution in [0.2, 0.25) is 0 Å². The average Bonchev–Trinajstić information content (AvgIpc) is 2.44. The Morgan fingerprint density at radius 3 is 2.67 bits per heavy atom. The maximum atomic E-state index is 13.0. The van der Waals surface area contributed by atoms with Crippen LogP contribution >= 0.6 is 0 Å². The van der Waals surface area contributed by atoms with E-state index in [9.17, 15) is 18.8 Å². The summed E-state index contributed by atoms with van der Waals surface area (Å²) in [5.74, 6) is -1.12. The fourth-order valence-electron chi connectivity index (χ4n) is 1.69. The summed E-state index contributed by atoms with van der Waals surface area (Å²) in [6.45, 7) is -0.327. The molecule has 0 aliphatic rings. The van der Waals surface area contributed by atoms with E-state index in [1.54, 1.807) is 0 Å². The van der Waals surface area contributed by atoms with Crippen LogP contribution in [0.4, 0.5) is 15.8 Å². The van der Waals surface area contributed by atoms with Crippen molar-refractivity contribution in [2.24, 2.45) is 7.05 Å². The fraction of sp³-hybridized carbons (Fsp3) is 0.154. The predicted molar refractivity (Wildman–Crippen MR) is 75.4 cm³/mol. The molecule has 1 aromatic heterocycles. The van der Waals surface area contributed by atoms with Gasteiger partial charge in [0, 0.05) is 25.1 Å². The van der Waals surface area contributed by atoms with Crippen LogP contribution in [-0.2, 0) is 18.4 Å². The number of nitrogen functional groups attached to an aromatic ring is 1. The van der Waals surface area contributed by atoms with Crippen molar-refractivity contribution in [1.29, 1.82) is 0 Å². The quantitative estimate of drug-likeness (QED) is 0.610. The third kappa shape index (κ3) is 3.16. The van der Waals surface area contributed by atoms with Gasteiger partial charge in [-0.1, -0.05) is 0 Å². The minimum atomic E-state index is -0.797. The average molecular weight is 292 g/mol. The zero-order chi connectivity index (χ0) is 15.6. The zero-order valence-electron chi connectivity index (χ0n) is 11.2. The van der Waals surface area contributed by atoms with Gasteiger partial charge in [0.2, 0.25) is 5.91 Å². The van der Waals surface area contributed by atoms with E-state index in [4.69, 9.17) is 5.73 Å². The van der Waals surface area contributed by atoms with Crippen LogP contribution in [0.3, 0.4) is 0 Å². The van der Waals surface area contributed by atoms with Gasteiger partial charge in [-0.05, 0) is 18.2 Å². The molecule has 21 heavy (non-hydrogen) atoms. The Balaban J connectivity index is 2.15. The SMILES string of the molecule is Cn1ccn(CC(=O)Nc2ccc(F)c(N)c2)c(=O)c1=O. The van der Waals surface area contributed by atoms with Crippen molar-refractivity contribution in [1.82, 2.24) is 9.13 Å². The maximum absolute atomic E-state index is 13.0. The summed E-state index contributed by atoms with van der Waals surface area (Å²) < 4.78 is 15.1. The number of amides is 1. The number of nitrogens with two attached hydrogens (primary N) is 1. The summed E-state index contributed by atoms with van der Waals surface area (Å²) in [4.78, 5) is 34.9. The number of hydrogen-bond acceptors (Lipinski definition) is 4. The molecule has 0 aliphatic heterocycles. The van der Waals surface area contributed by atoms with E-state index in [0.717, 1.165) is 15.2 Å². The molecule has 0 bridgehead atoms. The van der Waals surface area contributed by atoms with Gasteiger partial charge >= 0.3 is 11.1 Å². The molecule has 0 aliphatic carbocycles. The minimum Gasteiger partial charge on any atom is -0.396 e. The van der Waals surface area contributed by atoms with Crippen LogP contribution in [0.25, 0.3) is 0 Å². The molecule has 0 saturated heterocycles. The fourth-order valence-corrected chi connectivity index (χ4v) is 1.69. The molecule has 0 saturated carbocycles. The number of halogens is 1. The van der Waals surface area contributed by atoms with Gasteiger partial charge in [-0.15, -0.1) is 0 Å². The molecule has 3 N–H and O–H groups in total. The Kier molecular flexibility index (Phi) is 3.88. The van der Waals surface area contributed by atoms with Crippen molar-refractivity contribution in [3.8, 4) is 0 Å². The van der Waals surface area contributed by atoms with E-state index in [2.05, 4.69) is 5.32 Å². The van der Waals surface area contributed by atoms with Crippen LogP contribution in [0.15, 0.2) is 40.2 Å². The van der Waals surface area contributed by atoms with Gasteiger partial charge in [0.15, 0.2) is 0 Å². The number of rotatable bonds is 3. The van der Waals surface area contributed by atoms with Crippen molar-refractivity contribution >= 4 is 17.3 Å². The topological polar surface area (TPSA) is 99.1 Å². The Hall–Kier alpha value is -2.90. The lowest BCUT2D eigenvalue weighted by molar-refractivity contribution is -0.116. The highest BCUT2D eigenvalue weighted by molar-refractivity contribution is 5.91. The summed E-state index contributed by atoms with van der Waals surface area (Å²) >= 11 is 0. The van der Waals surface area contributed by atoms with E-state index in [1.807, 2.05) is 0 Å². The maximum Gasteiger partial charge on any atom is 0.316 e. The van der Waals surface area contributed by atoms with Gasteiger partial charge in [0.25, 0.3) is 0 Å². The van der Waals surface area contributed by atoms with Crippen molar-refractivity contribution < 1.29 is 9.18 Å². The third-order valence-electron chi connectivity index (χ3n) is 2.83. The Morgan fingerprint density at radius 2 is 2.00 bits per heavy atom. The van der Waals surface area contributed by atoms with E-state index in [0.29, 0.717) is 5.69 Å². The lowest BCUT2D eigenvalue weighted by Crippen LogP contribution is -2.41. The van der Waals surface area contributed by atoms with Gasteiger partial charge in [0.1, 0.15) is 12.4 Å². The van der Waals surface area contributed by atoms with Gasteiger partial charge in [-0.25, -0.2) is 4.39 Å². The van der Waals surface area contributed by atoms with Crippen molar-refractivity contribution in [3.05, 3.63) is 57.1 Å². The second-order valence-corrected chi connectivity index (χ2v) is 4.43. The van der Waals surface area contributed by atoms with E-state index >= 15 is 0 Å². The van der Waals surface area contributed by atoms with Crippen molar-refractivity contribution in [2.75, 3.05) is 11.1 Å². The van der Waals surface area contributed by atoms with Crippen LogP contribution in [-0.4, -0.2) is 15.0 Å². The number of benzene rings is 1. The molecule has 1 aromatic carbocycles. The Bertz CT molecular complexity index is 810. The molecule has 2 rings (SSSR count). The number of aryl methyl sites for hydroxylation is 1. The molecule has 1 amide bonds. The Labute approximate surface area is 118 Å². The van der Waals surface area contributed by atoms with Crippen LogP contribution in [0.1, 0.15) is 0 Å². The smallest absolute Gasteiger partial charge is 0.316 e. The molecule has 110 valence electrons. The van der Waals surface area contributed by atoms with E-state index in [-0.39, 0.29) is 12.2 Å². The molecule has 0 fully saturated rings. The molecule has 0 spiro atoms. The number of anilines is 2. The van der Waals surface area contributed by atoms with Gasteiger partial charge in [-0.2, -0.15) is 0 Å². The summed E-state index contributed by atoms with van der Waals surface area (Å²) in [6, 6.07) is 3.73. The molecular weight excluding hydrogens is 279 g/mol. The van der Waals surface area contributed by atoms with Crippen LogP contribution in [0.5, 0.6) is 0 Å². The molecule has 2 aromatic rings. The minimum absolute atomic E-state index is 0.0986. The highest BCUT2D eigenvalue weighted by atomic mass is 19.1. The second-order valence-electron chi connectivity index (χ2n) is 4.43. The first-order valence-corrected chi connectivity index (χ1v) is 5.99. The number of carbonyl (C=O) groups excluding carboxylic acids is 1. The summed E-state index contributed by atoms with van der Waals surface area (Å²) in [6.07, 6.45) is 2.72. The van der Waals surface area contributed by atoms with Gasteiger partial charge in [-0.3, -0.25) is 19.0 Å². The standard InChI is InChI=1S/C13H13FN4O3/c1-17-4-5-18(13(21)12(17)20)7-11(19)16-8-2-3-9(14)10(15)6-8/h2-6H,7,15H2,1H3,(H,16,19). The van der Waals surface area contributed by atoms with Crippen molar-refractivity contribution in [2.45, 2.75) is 6.54 Å². The molecule has 8 heteroatoms. The molecular formula is C13H13FN4O3. The number of hydrogen-bond donors (Lipinski definition) is 2. The number of carbonyl (C=O) groups is 1. The van der Waals surface area contributed by atoms with E-state index in [1.165, 1.54) is 31.6 Å². The normalized spacial score (nSPS) is 10.4. The number of nitrogens with one attached hydrogen (secondary N) is 1. The van der Waals surface area contributed by atoms with Crippen LogP contribution in [0, 0.1) is 5.82 Å². The highest BCUT2D eigenvalue weighted by Crippen LogP contribution is 2.16. The number of nitrogens with zero attached hydrogens (tertiary/aromatic N) is 2.